The van der Waals surface area contributed by atoms with Gasteiger partial charge in [0.1, 0.15) is 5.78 Å². The zero-order valence-corrected chi connectivity index (χ0v) is 11.9. The molecule has 0 spiro atoms. The average Bonchev–Trinajstić information content (AvgIpc) is 2.46. The molecule has 5 heteroatoms. The van der Waals surface area contributed by atoms with Crippen LogP contribution in [-0.2, 0) is 9.59 Å². The second kappa shape index (κ2) is 9.04. The van der Waals surface area contributed by atoms with Crippen LogP contribution in [0.3, 0.4) is 0 Å². The monoisotopic (exact) mass is 269 g/mol. The summed E-state index contributed by atoms with van der Waals surface area (Å²) < 4.78 is 0. The van der Waals surface area contributed by atoms with Crippen LogP contribution in [0.2, 0.25) is 0 Å². The molecule has 1 aliphatic rings. The number of amides is 1. The zero-order valence-electron chi connectivity index (χ0n) is 11.9. The van der Waals surface area contributed by atoms with Crippen LogP contribution < -0.4 is 16.4 Å². The number of ketones is 1. The minimum absolute atomic E-state index is 0.0930. The van der Waals surface area contributed by atoms with Gasteiger partial charge in [-0.15, -0.1) is 0 Å². The third-order valence-corrected chi connectivity index (χ3v) is 3.82. The molecule has 0 radical (unpaired) electrons. The van der Waals surface area contributed by atoms with Crippen molar-refractivity contribution in [3.05, 3.63) is 0 Å². The highest BCUT2D eigenvalue weighted by atomic mass is 16.2. The number of nitrogens with one attached hydrogen (secondary N) is 2. The lowest BCUT2D eigenvalue weighted by Gasteiger charge is -2.26. The molecule has 0 aromatic rings. The van der Waals surface area contributed by atoms with Crippen molar-refractivity contribution >= 4 is 11.7 Å². The Morgan fingerprint density at radius 1 is 1.05 bits per heavy atom. The molecule has 0 aromatic heterocycles. The van der Waals surface area contributed by atoms with Gasteiger partial charge >= 0.3 is 0 Å². The van der Waals surface area contributed by atoms with Crippen molar-refractivity contribution in [2.24, 2.45) is 17.6 Å². The van der Waals surface area contributed by atoms with E-state index < -0.39 is 0 Å². The summed E-state index contributed by atoms with van der Waals surface area (Å²) in [5.41, 5.74) is 5.36. The maximum Gasteiger partial charge on any atom is 0.223 e. The second-order valence-corrected chi connectivity index (χ2v) is 5.20. The molecule has 110 valence electrons. The molecule has 0 aromatic carbocycles. The molecule has 1 aliphatic carbocycles. The SMILES string of the molecule is CCC(=O)C1CCC(C(=O)NCCNCCN)CC1. The minimum Gasteiger partial charge on any atom is -0.355 e. The fourth-order valence-electron chi connectivity index (χ4n) is 2.61. The Bertz CT molecular complexity index is 286. The lowest BCUT2D eigenvalue weighted by atomic mass is 9.79. The Balaban J connectivity index is 2.16. The molecular weight excluding hydrogens is 242 g/mol. The fraction of sp³-hybridized carbons (Fsp3) is 0.857. The van der Waals surface area contributed by atoms with Crippen molar-refractivity contribution in [1.29, 1.82) is 0 Å². The molecule has 0 atom stereocenters. The number of hydrogen-bond acceptors (Lipinski definition) is 4. The number of carbonyl (C=O) groups excluding carboxylic acids is 2. The Kier molecular flexibility index (Phi) is 7.67. The summed E-state index contributed by atoms with van der Waals surface area (Å²) in [5.74, 6) is 0.775. The van der Waals surface area contributed by atoms with Crippen LogP contribution in [0.15, 0.2) is 0 Å². The molecule has 1 fully saturated rings. The molecule has 19 heavy (non-hydrogen) atoms. The van der Waals surface area contributed by atoms with Gasteiger partial charge in [-0.25, -0.2) is 0 Å². The van der Waals surface area contributed by atoms with E-state index in [4.69, 9.17) is 5.73 Å². The van der Waals surface area contributed by atoms with Crippen molar-refractivity contribution in [3.63, 3.8) is 0 Å². The molecule has 1 rings (SSSR count). The van der Waals surface area contributed by atoms with Gasteiger partial charge in [-0.1, -0.05) is 6.92 Å². The van der Waals surface area contributed by atoms with E-state index in [2.05, 4.69) is 10.6 Å². The van der Waals surface area contributed by atoms with Crippen molar-refractivity contribution in [2.75, 3.05) is 26.2 Å². The van der Waals surface area contributed by atoms with Gasteiger partial charge < -0.3 is 16.4 Å². The molecule has 0 heterocycles. The van der Waals surface area contributed by atoms with Crippen LogP contribution in [0.5, 0.6) is 0 Å². The number of Topliss-reactive ketones (excluding diaryl/α,β-unsaturated/α-hetero) is 1. The first kappa shape index (κ1) is 16.1. The lowest BCUT2D eigenvalue weighted by Crippen LogP contribution is -2.38. The van der Waals surface area contributed by atoms with Gasteiger partial charge in [-0.05, 0) is 25.7 Å². The van der Waals surface area contributed by atoms with Crippen molar-refractivity contribution in [3.8, 4) is 0 Å². The van der Waals surface area contributed by atoms with Crippen LogP contribution in [0.4, 0.5) is 0 Å². The zero-order chi connectivity index (χ0) is 14.1. The first-order valence-electron chi connectivity index (χ1n) is 7.40. The summed E-state index contributed by atoms with van der Waals surface area (Å²) in [6.07, 6.45) is 4.05. The summed E-state index contributed by atoms with van der Waals surface area (Å²) >= 11 is 0. The first-order chi connectivity index (χ1) is 9.19. The smallest absolute Gasteiger partial charge is 0.223 e. The van der Waals surface area contributed by atoms with Crippen molar-refractivity contribution in [1.82, 2.24) is 10.6 Å². The van der Waals surface area contributed by atoms with Gasteiger partial charge in [0.2, 0.25) is 5.91 Å². The normalized spacial score (nSPS) is 23.1. The number of rotatable bonds is 8. The number of carbonyl (C=O) groups is 2. The van der Waals surface area contributed by atoms with Gasteiger partial charge in [0.15, 0.2) is 0 Å². The number of nitrogens with two attached hydrogens (primary N) is 1. The van der Waals surface area contributed by atoms with Crippen LogP contribution in [0, 0.1) is 11.8 Å². The Morgan fingerprint density at radius 3 is 2.26 bits per heavy atom. The third-order valence-electron chi connectivity index (χ3n) is 3.82. The van der Waals surface area contributed by atoms with Crippen molar-refractivity contribution in [2.45, 2.75) is 39.0 Å². The quantitative estimate of drug-likeness (QED) is 0.558. The Labute approximate surface area is 115 Å². The van der Waals surface area contributed by atoms with E-state index in [9.17, 15) is 9.59 Å². The second-order valence-electron chi connectivity index (χ2n) is 5.20. The predicted molar refractivity (Wildman–Crippen MR) is 75.7 cm³/mol. The van der Waals surface area contributed by atoms with Crippen LogP contribution >= 0.6 is 0 Å². The standard InChI is InChI=1S/C14H27N3O2/c1-2-13(18)11-3-5-12(6-4-11)14(19)17-10-9-16-8-7-15/h11-12,16H,2-10,15H2,1H3,(H,17,19). The highest BCUT2D eigenvalue weighted by Gasteiger charge is 2.28. The summed E-state index contributed by atoms with van der Waals surface area (Å²) in [4.78, 5) is 23.5. The van der Waals surface area contributed by atoms with Gasteiger partial charge in [0.25, 0.3) is 0 Å². The minimum atomic E-state index is 0.0930. The van der Waals surface area contributed by atoms with E-state index in [1.54, 1.807) is 0 Å². The molecule has 0 aliphatic heterocycles. The van der Waals surface area contributed by atoms with Gasteiger partial charge in [-0.3, -0.25) is 9.59 Å². The van der Waals surface area contributed by atoms with Crippen molar-refractivity contribution < 1.29 is 9.59 Å². The fourth-order valence-corrected chi connectivity index (χ4v) is 2.61. The Hall–Kier alpha value is -0.940. The van der Waals surface area contributed by atoms with E-state index in [0.717, 1.165) is 38.8 Å². The largest absolute Gasteiger partial charge is 0.355 e. The maximum absolute atomic E-state index is 11.9. The third kappa shape index (κ3) is 5.70. The molecule has 1 amide bonds. The molecule has 4 N–H and O–H groups in total. The van der Waals surface area contributed by atoms with Gasteiger partial charge in [0, 0.05) is 44.4 Å². The topological polar surface area (TPSA) is 84.2 Å². The molecule has 5 nitrogen and oxygen atoms in total. The lowest BCUT2D eigenvalue weighted by molar-refractivity contribution is -0.129. The maximum atomic E-state index is 11.9. The summed E-state index contributed by atoms with van der Waals surface area (Å²) in [5, 5.41) is 6.08. The van der Waals surface area contributed by atoms with E-state index in [1.807, 2.05) is 6.92 Å². The van der Waals surface area contributed by atoms with E-state index in [0.29, 0.717) is 25.3 Å². The van der Waals surface area contributed by atoms with Gasteiger partial charge in [-0.2, -0.15) is 0 Å². The van der Waals surface area contributed by atoms with Crippen LogP contribution in [-0.4, -0.2) is 37.9 Å². The summed E-state index contributed by atoms with van der Waals surface area (Å²) in [7, 11) is 0. The van der Waals surface area contributed by atoms with Gasteiger partial charge in [0.05, 0.1) is 0 Å². The molecular formula is C14H27N3O2. The summed E-state index contributed by atoms with van der Waals surface area (Å²) in [6, 6.07) is 0. The highest BCUT2D eigenvalue weighted by molar-refractivity contribution is 5.82. The first-order valence-corrected chi connectivity index (χ1v) is 7.40. The number of hydrogen-bond donors (Lipinski definition) is 3. The van der Waals surface area contributed by atoms with Crippen LogP contribution in [0.1, 0.15) is 39.0 Å². The molecule has 1 saturated carbocycles. The highest BCUT2D eigenvalue weighted by Crippen LogP contribution is 2.29. The summed E-state index contributed by atoms with van der Waals surface area (Å²) in [6.45, 7) is 4.71. The Morgan fingerprint density at radius 2 is 1.68 bits per heavy atom. The van der Waals surface area contributed by atoms with E-state index in [-0.39, 0.29) is 17.7 Å². The average molecular weight is 269 g/mol. The molecule has 0 bridgehead atoms. The molecule has 0 unspecified atom stereocenters. The molecule has 0 saturated heterocycles. The predicted octanol–water partition coefficient (Wildman–Crippen LogP) is 0.436. The van der Waals surface area contributed by atoms with E-state index in [1.165, 1.54) is 0 Å². The van der Waals surface area contributed by atoms with Crippen LogP contribution in [0.25, 0.3) is 0 Å². The van der Waals surface area contributed by atoms with E-state index >= 15 is 0 Å².